The molecule has 0 saturated carbocycles. The van der Waals surface area contributed by atoms with Crippen LogP contribution in [-0.4, -0.2) is 9.97 Å². The molecule has 2 aromatic rings. The number of nitrogens with zero attached hydrogens (tertiary/aromatic N) is 2. The Morgan fingerprint density at radius 1 is 1.20 bits per heavy atom. The minimum Gasteiger partial charge on any atom is -0.424 e. The summed E-state index contributed by atoms with van der Waals surface area (Å²) in [6, 6.07) is 8.16. The maximum absolute atomic E-state index is 5.49. The van der Waals surface area contributed by atoms with Gasteiger partial charge in [-0.05, 0) is 47.2 Å². The highest BCUT2D eigenvalue weighted by Crippen LogP contribution is 2.18. The normalized spacial score (nSPS) is 10.0. The van der Waals surface area contributed by atoms with E-state index in [1.807, 2.05) is 31.2 Å². The van der Waals surface area contributed by atoms with Gasteiger partial charge in [0.1, 0.15) is 5.75 Å². The summed E-state index contributed by atoms with van der Waals surface area (Å²) in [5.41, 5.74) is 1.15. The standard InChI is InChI=1S/C11H9IN2O/c1-8-3-2-4-10(5-8)15-11-13-6-9(12)7-14-11/h2-7H,1H3. The molecule has 4 heteroatoms. The molecule has 0 aliphatic heterocycles. The van der Waals surface area contributed by atoms with Crippen molar-refractivity contribution >= 4 is 22.6 Å². The first-order chi connectivity index (χ1) is 7.24. The molecule has 15 heavy (non-hydrogen) atoms. The van der Waals surface area contributed by atoms with Gasteiger partial charge in [0.05, 0.1) is 0 Å². The van der Waals surface area contributed by atoms with Crippen LogP contribution in [0.2, 0.25) is 0 Å². The maximum atomic E-state index is 5.49. The second-order valence-corrected chi connectivity index (χ2v) is 4.35. The van der Waals surface area contributed by atoms with Crippen molar-refractivity contribution in [1.82, 2.24) is 9.97 Å². The molecule has 0 unspecified atom stereocenters. The van der Waals surface area contributed by atoms with E-state index in [0.717, 1.165) is 14.9 Å². The van der Waals surface area contributed by atoms with Gasteiger partial charge in [0.25, 0.3) is 0 Å². The van der Waals surface area contributed by atoms with Gasteiger partial charge in [-0.3, -0.25) is 0 Å². The Hall–Kier alpha value is -1.17. The van der Waals surface area contributed by atoms with E-state index < -0.39 is 0 Å². The zero-order valence-electron chi connectivity index (χ0n) is 8.14. The lowest BCUT2D eigenvalue weighted by atomic mass is 10.2. The van der Waals surface area contributed by atoms with Crippen molar-refractivity contribution in [2.45, 2.75) is 6.92 Å². The first-order valence-electron chi connectivity index (χ1n) is 4.46. The number of rotatable bonds is 2. The fourth-order valence-electron chi connectivity index (χ4n) is 1.14. The van der Waals surface area contributed by atoms with E-state index in [2.05, 4.69) is 32.6 Å². The van der Waals surface area contributed by atoms with Crippen molar-refractivity contribution in [1.29, 1.82) is 0 Å². The molecule has 0 atom stereocenters. The first-order valence-corrected chi connectivity index (χ1v) is 5.54. The van der Waals surface area contributed by atoms with Crippen molar-refractivity contribution in [3.05, 3.63) is 45.8 Å². The molecule has 0 N–H and O–H groups in total. The highest BCUT2D eigenvalue weighted by Gasteiger charge is 1.99. The van der Waals surface area contributed by atoms with Gasteiger partial charge in [0.2, 0.25) is 0 Å². The molecule has 76 valence electrons. The molecule has 1 heterocycles. The number of hydrogen-bond donors (Lipinski definition) is 0. The third-order valence-electron chi connectivity index (χ3n) is 1.80. The fourth-order valence-corrected chi connectivity index (χ4v) is 1.42. The number of benzene rings is 1. The molecular formula is C11H9IN2O. The van der Waals surface area contributed by atoms with Crippen LogP contribution >= 0.6 is 22.6 Å². The van der Waals surface area contributed by atoms with Gasteiger partial charge in [-0.1, -0.05) is 12.1 Å². The number of hydrogen-bond acceptors (Lipinski definition) is 3. The second-order valence-electron chi connectivity index (χ2n) is 3.10. The molecule has 0 aliphatic carbocycles. The van der Waals surface area contributed by atoms with Crippen LogP contribution in [0, 0.1) is 10.5 Å². The number of halogens is 1. The maximum Gasteiger partial charge on any atom is 0.321 e. The summed E-state index contributed by atoms with van der Waals surface area (Å²) in [6.45, 7) is 2.02. The van der Waals surface area contributed by atoms with Gasteiger partial charge in [-0.2, -0.15) is 0 Å². The Bertz CT molecular complexity index is 456. The van der Waals surface area contributed by atoms with Gasteiger partial charge in [0.15, 0.2) is 0 Å². The predicted molar refractivity (Wildman–Crippen MR) is 66.0 cm³/mol. The molecule has 2 rings (SSSR count). The van der Waals surface area contributed by atoms with Crippen LogP contribution in [0.4, 0.5) is 0 Å². The van der Waals surface area contributed by atoms with Crippen LogP contribution in [0.15, 0.2) is 36.7 Å². The topological polar surface area (TPSA) is 35.0 Å². The molecule has 3 nitrogen and oxygen atoms in total. The van der Waals surface area contributed by atoms with E-state index in [-0.39, 0.29) is 0 Å². The SMILES string of the molecule is Cc1cccc(Oc2ncc(I)cn2)c1. The Labute approximate surface area is 102 Å². The summed E-state index contributed by atoms with van der Waals surface area (Å²) >= 11 is 2.15. The third kappa shape index (κ3) is 2.89. The van der Waals surface area contributed by atoms with Gasteiger partial charge in [-0.15, -0.1) is 0 Å². The van der Waals surface area contributed by atoms with Crippen molar-refractivity contribution in [3.8, 4) is 11.8 Å². The quantitative estimate of drug-likeness (QED) is 0.799. The van der Waals surface area contributed by atoms with Crippen LogP contribution < -0.4 is 4.74 Å². The molecule has 0 fully saturated rings. The second kappa shape index (κ2) is 4.57. The average molecular weight is 312 g/mol. The summed E-state index contributed by atoms with van der Waals surface area (Å²) in [4.78, 5) is 8.12. The van der Waals surface area contributed by atoms with Crippen LogP contribution in [0.3, 0.4) is 0 Å². The van der Waals surface area contributed by atoms with Crippen LogP contribution in [-0.2, 0) is 0 Å². The lowest BCUT2D eigenvalue weighted by Crippen LogP contribution is -1.91. The molecule has 1 aromatic heterocycles. The molecule has 0 saturated heterocycles. The van der Waals surface area contributed by atoms with Crippen molar-refractivity contribution in [3.63, 3.8) is 0 Å². The monoisotopic (exact) mass is 312 g/mol. The summed E-state index contributed by atoms with van der Waals surface area (Å²) in [5.74, 6) is 0.760. The molecular weight excluding hydrogens is 303 g/mol. The van der Waals surface area contributed by atoms with Gasteiger partial charge >= 0.3 is 6.01 Å². The fraction of sp³-hybridized carbons (Fsp3) is 0.0909. The first kappa shape index (κ1) is 10.4. The summed E-state index contributed by atoms with van der Waals surface area (Å²) in [5, 5.41) is 0. The minimum absolute atomic E-state index is 0.376. The van der Waals surface area contributed by atoms with E-state index in [9.17, 15) is 0 Å². The third-order valence-corrected chi connectivity index (χ3v) is 2.35. The van der Waals surface area contributed by atoms with E-state index >= 15 is 0 Å². The minimum atomic E-state index is 0.376. The smallest absolute Gasteiger partial charge is 0.321 e. The summed E-state index contributed by atoms with van der Waals surface area (Å²) < 4.78 is 6.48. The molecule has 1 aromatic carbocycles. The summed E-state index contributed by atoms with van der Waals surface area (Å²) in [6.07, 6.45) is 3.44. The lowest BCUT2D eigenvalue weighted by molar-refractivity contribution is 0.441. The van der Waals surface area contributed by atoms with Crippen molar-refractivity contribution < 1.29 is 4.74 Å². The van der Waals surface area contributed by atoms with E-state index in [1.165, 1.54) is 0 Å². The van der Waals surface area contributed by atoms with Gasteiger partial charge in [-0.25, -0.2) is 9.97 Å². The van der Waals surface area contributed by atoms with Crippen molar-refractivity contribution in [2.75, 3.05) is 0 Å². The van der Waals surface area contributed by atoms with Gasteiger partial charge < -0.3 is 4.74 Å². The van der Waals surface area contributed by atoms with E-state index in [4.69, 9.17) is 4.74 Å². The number of aromatic nitrogens is 2. The molecule has 0 bridgehead atoms. The highest BCUT2D eigenvalue weighted by molar-refractivity contribution is 14.1. The largest absolute Gasteiger partial charge is 0.424 e. The van der Waals surface area contributed by atoms with Gasteiger partial charge in [0, 0.05) is 16.0 Å². The predicted octanol–water partition coefficient (Wildman–Crippen LogP) is 3.18. The summed E-state index contributed by atoms with van der Waals surface area (Å²) in [7, 11) is 0. The number of aryl methyl sites for hydroxylation is 1. The molecule has 0 amide bonds. The highest BCUT2D eigenvalue weighted by atomic mass is 127. The lowest BCUT2D eigenvalue weighted by Gasteiger charge is -2.03. The Balaban J connectivity index is 2.18. The van der Waals surface area contributed by atoms with Crippen LogP contribution in [0.5, 0.6) is 11.8 Å². The average Bonchev–Trinajstić information content (AvgIpc) is 2.22. The Morgan fingerprint density at radius 3 is 2.60 bits per heavy atom. The Kier molecular flexibility index (Phi) is 3.15. The molecule has 0 aliphatic rings. The van der Waals surface area contributed by atoms with E-state index in [1.54, 1.807) is 12.4 Å². The zero-order chi connectivity index (χ0) is 10.7. The van der Waals surface area contributed by atoms with Crippen molar-refractivity contribution in [2.24, 2.45) is 0 Å². The Morgan fingerprint density at radius 2 is 1.93 bits per heavy atom. The van der Waals surface area contributed by atoms with Crippen LogP contribution in [0.1, 0.15) is 5.56 Å². The zero-order valence-corrected chi connectivity index (χ0v) is 10.3. The number of ether oxygens (including phenoxy) is 1. The van der Waals surface area contributed by atoms with Crippen LogP contribution in [0.25, 0.3) is 0 Å². The van der Waals surface area contributed by atoms with E-state index in [0.29, 0.717) is 6.01 Å². The molecule has 0 radical (unpaired) electrons. The molecule has 0 spiro atoms.